The summed E-state index contributed by atoms with van der Waals surface area (Å²) in [6.45, 7) is 6.20. The molecule has 1 N–H and O–H groups in total. The maximum atomic E-state index is 13.8. The molecule has 0 spiro atoms. The second-order valence-electron chi connectivity index (χ2n) is 11.7. The summed E-state index contributed by atoms with van der Waals surface area (Å²) in [4.78, 5) is 49.7. The molecule has 0 radical (unpaired) electrons. The van der Waals surface area contributed by atoms with Crippen LogP contribution in [0.2, 0.25) is 0 Å². The van der Waals surface area contributed by atoms with Crippen molar-refractivity contribution in [2.24, 2.45) is 5.41 Å². The van der Waals surface area contributed by atoms with Gasteiger partial charge in [0.05, 0.1) is 5.52 Å². The fourth-order valence-electron chi connectivity index (χ4n) is 6.82. The van der Waals surface area contributed by atoms with E-state index < -0.39 is 0 Å². The molecule has 2 aliphatic heterocycles. The SMILES string of the molecule is CC(=O)c1nn2c3c(cc(-c4cnc(C)nc4)cc13)CCCCCCC(=O)NC[C@@]13C[C@@H](C)N(C(=O)C2)[C@@H]1C3. The Balaban J connectivity index is 1.43. The third kappa shape index (κ3) is 4.72. The highest BCUT2D eigenvalue weighted by Crippen LogP contribution is 2.59. The van der Waals surface area contributed by atoms with Crippen LogP contribution in [0, 0.1) is 12.3 Å². The van der Waals surface area contributed by atoms with E-state index in [1.165, 1.54) is 6.92 Å². The fraction of sp³-hybridized carbons (Fsp3) is 0.533. The lowest BCUT2D eigenvalue weighted by Crippen LogP contribution is -2.39. The van der Waals surface area contributed by atoms with Crippen molar-refractivity contribution in [3.8, 4) is 11.1 Å². The predicted molar refractivity (Wildman–Crippen MR) is 147 cm³/mol. The third-order valence-electron chi connectivity index (χ3n) is 8.84. The maximum absolute atomic E-state index is 13.8. The van der Waals surface area contributed by atoms with Crippen molar-refractivity contribution in [2.75, 3.05) is 6.54 Å². The van der Waals surface area contributed by atoms with Crippen molar-refractivity contribution in [2.45, 2.75) is 90.8 Å². The highest BCUT2D eigenvalue weighted by Gasteiger charge is 2.64. The zero-order chi connectivity index (χ0) is 27.3. The molecule has 3 atom stereocenters. The molecule has 6 rings (SSSR count). The van der Waals surface area contributed by atoms with E-state index in [4.69, 9.17) is 5.10 Å². The molecule has 3 aromatic rings. The van der Waals surface area contributed by atoms with Crippen LogP contribution in [-0.4, -0.2) is 60.9 Å². The molecule has 39 heavy (non-hydrogen) atoms. The van der Waals surface area contributed by atoms with Crippen molar-refractivity contribution < 1.29 is 14.4 Å². The largest absolute Gasteiger partial charge is 0.355 e. The molecule has 4 heterocycles. The van der Waals surface area contributed by atoms with Crippen molar-refractivity contribution in [1.29, 1.82) is 0 Å². The van der Waals surface area contributed by atoms with E-state index in [-0.39, 0.29) is 41.6 Å². The number of Topliss-reactive ketones (excluding diaryl/α,β-unsaturated/α-hetero) is 1. The number of rotatable bonds is 2. The van der Waals surface area contributed by atoms with Gasteiger partial charge in [0.15, 0.2) is 5.78 Å². The van der Waals surface area contributed by atoms with Crippen LogP contribution in [-0.2, 0) is 22.6 Å². The molecular weight excluding hydrogens is 492 g/mol. The van der Waals surface area contributed by atoms with Gasteiger partial charge in [-0.25, -0.2) is 9.97 Å². The number of nitrogens with one attached hydrogen (secondary N) is 1. The molecule has 9 heteroatoms. The monoisotopic (exact) mass is 528 g/mol. The first-order valence-electron chi connectivity index (χ1n) is 14.2. The molecule has 2 bridgehead atoms. The van der Waals surface area contributed by atoms with Crippen LogP contribution in [0.3, 0.4) is 0 Å². The van der Waals surface area contributed by atoms with E-state index >= 15 is 0 Å². The summed E-state index contributed by atoms with van der Waals surface area (Å²) < 4.78 is 1.76. The van der Waals surface area contributed by atoms with E-state index in [2.05, 4.69) is 28.3 Å². The molecule has 1 saturated heterocycles. The predicted octanol–water partition coefficient (Wildman–Crippen LogP) is 4.01. The first-order valence-corrected chi connectivity index (χ1v) is 14.2. The maximum Gasteiger partial charge on any atom is 0.244 e. The van der Waals surface area contributed by atoms with E-state index in [1.54, 1.807) is 17.1 Å². The van der Waals surface area contributed by atoms with Gasteiger partial charge in [-0.3, -0.25) is 19.1 Å². The molecule has 204 valence electrons. The van der Waals surface area contributed by atoms with Crippen molar-refractivity contribution >= 4 is 28.5 Å². The first kappa shape index (κ1) is 25.6. The topological polar surface area (TPSA) is 110 Å². The Morgan fingerprint density at radius 1 is 1.03 bits per heavy atom. The van der Waals surface area contributed by atoms with Crippen LogP contribution in [0.4, 0.5) is 0 Å². The minimum Gasteiger partial charge on any atom is -0.355 e. The number of ketones is 1. The van der Waals surface area contributed by atoms with E-state index in [0.717, 1.165) is 72.5 Å². The standard InChI is InChI=1S/C30H36N6O3/c1-18-12-30-13-25(30)36(18)27(39)16-35-29-21(8-6-4-5-7-9-26(38)33-17-30)10-22(23-14-31-20(3)32-15-23)11-24(29)28(34-35)19(2)37/h10-11,14-15,18,25H,4-9,12-13,16-17H2,1-3H3,(H,33,38)/t18-,25-,30+/m1/s1. The average Bonchev–Trinajstić information content (AvgIpc) is 3.32. The van der Waals surface area contributed by atoms with Gasteiger partial charge in [0.25, 0.3) is 0 Å². The molecule has 2 fully saturated rings. The highest BCUT2D eigenvalue weighted by molar-refractivity contribution is 6.07. The van der Waals surface area contributed by atoms with E-state index in [0.29, 0.717) is 24.5 Å². The Kier molecular flexibility index (Phi) is 6.47. The summed E-state index contributed by atoms with van der Waals surface area (Å²) in [7, 11) is 0. The van der Waals surface area contributed by atoms with Crippen LogP contribution >= 0.6 is 0 Å². The second kappa shape index (κ2) is 9.84. The normalized spacial score (nSPS) is 25.8. The quantitative estimate of drug-likeness (QED) is 0.504. The summed E-state index contributed by atoms with van der Waals surface area (Å²) >= 11 is 0. The molecular formula is C30H36N6O3. The van der Waals surface area contributed by atoms with Crippen LogP contribution in [0.15, 0.2) is 24.5 Å². The van der Waals surface area contributed by atoms with Crippen molar-refractivity contribution in [3.05, 3.63) is 41.6 Å². The smallest absolute Gasteiger partial charge is 0.244 e. The minimum absolute atomic E-state index is 0.00834. The number of piperidine rings is 1. The third-order valence-corrected chi connectivity index (χ3v) is 8.84. The Labute approximate surface area is 228 Å². The summed E-state index contributed by atoms with van der Waals surface area (Å²) in [6.07, 6.45) is 10.5. The van der Waals surface area contributed by atoms with E-state index in [1.807, 2.05) is 17.9 Å². The number of amides is 2. The second-order valence-corrected chi connectivity index (χ2v) is 11.7. The van der Waals surface area contributed by atoms with Crippen molar-refractivity contribution in [1.82, 2.24) is 30.0 Å². The number of hydrogen-bond acceptors (Lipinski definition) is 6. The van der Waals surface area contributed by atoms with Gasteiger partial charge < -0.3 is 10.2 Å². The lowest BCUT2D eigenvalue weighted by atomic mass is 9.96. The molecule has 0 unspecified atom stereocenters. The van der Waals surface area contributed by atoms with Crippen LogP contribution < -0.4 is 5.32 Å². The number of carbonyl (C=O) groups excluding carboxylic acids is 3. The number of nitrogens with zero attached hydrogens (tertiary/aromatic N) is 5. The Bertz CT molecular complexity index is 1460. The van der Waals surface area contributed by atoms with Crippen molar-refractivity contribution in [3.63, 3.8) is 0 Å². The molecule has 1 aromatic carbocycles. The van der Waals surface area contributed by atoms with Crippen LogP contribution in [0.1, 0.15) is 80.7 Å². The lowest BCUT2D eigenvalue weighted by Gasteiger charge is -2.24. The summed E-state index contributed by atoms with van der Waals surface area (Å²) in [5.41, 5.74) is 4.12. The van der Waals surface area contributed by atoms with E-state index in [9.17, 15) is 14.4 Å². The molecule has 2 aromatic heterocycles. The van der Waals surface area contributed by atoms with Gasteiger partial charge in [-0.15, -0.1) is 0 Å². The Morgan fingerprint density at radius 3 is 2.51 bits per heavy atom. The van der Waals surface area contributed by atoms with Gasteiger partial charge in [0, 0.05) is 60.7 Å². The minimum atomic E-state index is -0.122. The van der Waals surface area contributed by atoms with Gasteiger partial charge in [-0.2, -0.15) is 5.10 Å². The zero-order valence-corrected chi connectivity index (χ0v) is 23.0. The lowest BCUT2D eigenvalue weighted by molar-refractivity contribution is -0.133. The van der Waals surface area contributed by atoms with Crippen LogP contribution in [0.5, 0.6) is 0 Å². The van der Waals surface area contributed by atoms with Gasteiger partial charge in [0.1, 0.15) is 18.1 Å². The van der Waals surface area contributed by atoms with Gasteiger partial charge in [0.2, 0.25) is 11.8 Å². The number of carbonyl (C=O) groups is 3. The van der Waals surface area contributed by atoms with Gasteiger partial charge in [-0.05, 0) is 69.2 Å². The summed E-state index contributed by atoms with van der Waals surface area (Å²) in [5.74, 6) is 0.708. The number of hydrogen-bond donors (Lipinski definition) is 1. The molecule has 2 amide bonds. The van der Waals surface area contributed by atoms with Crippen LogP contribution in [0.25, 0.3) is 22.0 Å². The Morgan fingerprint density at radius 2 is 1.77 bits per heavy atom. The molecule has 9 nitrogen and oxygen atoms in total. The molecule has 1 saturated carbocycles. The Hall–Kier alpha value is -3.62. The number of benzene rings is 1. The molecule has 1 aliphatic carbocycles. The number of aryl methyl sites for hydroxylation is 2. The van der Waals surface area contributed by atoms with Gasteiger partial charge in [-0.1, -0.05) is 12.8 Å². The summed E-state index contributed by atoms with van der Waals surface area (Å²) in [5, 5.41) is 8.64. The average molecular weight is 529 g/mol. The molecule has 3 aliphatic rings. The summed E-state index contributed by atoms with van der Waals surface area (Å²) in [6, 6.07) is 4.38. The first-order chi connectivity index (χ1) is 18.8. The van der Waals surface area contributed by atoms with Gasteiger partial charge >= 0.3 is 0 Å². The highest BCUT2D eigenvalue weighted by atomic mass is 16.2. The zero-order valence-electron chi connectivity index (χ0n) is 23.0. The number of aromatic nitrogens is 4. The fourth-order valence-corrected chi connectivity index (χ4v) is 6.82.